The average molecular weight is 197 g/mol. The van der Waals surface area contributed by atoms with E-state index in [1.54, 1.807) is 0 Å². The van der Waals surface area contributed by atoms with Gasteiger partial charge in [-0.2, -0.15) is 5.10 Å². The molecule has 0 aliphatic rings. The van der Waals surface area contributed by atoms with E-state index < -0.39 is 0 Å². The molecule has 4 heteroatoms. The maximum atomic E-state index is 5.45. The van der Waals surface area contributed by atoms with Crippen molar-refractivity contribution in [3.8, 4) is 0 Å². The minimum Gasteiger partial charge on any atom is -0.380 e. The minimum atomic E-state index is 0.775. The molecule has 1 rings (SSSR count). The maximum Gasteiger partial charge on any atom is 0.0591 e. The first-order chi connectivity index (χ1) is 6.83. The highest BCUT2D eigenvalue weighted by Crippen LogP contribution is 1.97. The van der Waals surface area contributed by atoms with Crippen molar-refractivity contribution < 1.29 is 4.74 Å². The fraction of sp³-hybridized carbons (Fsp3) is 0.700. The summed E-state index contributed by atoms with van der Waals surface area (Å²) in [6, 6.07) is 0. The summed E-state index contributed by atoms with van der Waals surface area (Å²) >= 11 is 0. The van der Waals surface area contributed by atoms with E-state index in [4.69, 9.17) is 4.74 Å². The standard InChI is InChI=1S/C10H19N3O/c1-3-11-5-7-14-6-4-10-8-12-13(2)9-10/h8-9,11H,3-7H2,1-2H3. The van der Waals surface area contributed by atoms with E-state index in [0.29, 0.717) is 0 Å². The zero-order chi connectivity index (χ0) is 10.2. The molecule has 1 aromatic rings. The van der Waals surface area contributed by atoms with Crippen LogP contribution in [-0.2, 0) is 18.2 Å². The number of likely N-dealkylation sites (N-methyl/N-ethyl adjacent to an activating group) is 1. The van der Waals surface area contributed by atoms with Gasteiger partial charge in [0.15, 0.2) is 0 Å². The Kier molecular flexibility index (Phi) is 5.25. The second kappa shape index (κ2) is 6.56. The molecule has 0 bridgehead atoms. The molecule has 1 aromatic heterocycles. The molecule has 1 heterocycles. The normalized spacial score (nSPS) is 10.7. The van der Waals surface area contributed by atoms with Crippen LogP contribution in [0.3, 0.4) is 0 Å². The minimum absolute atomic E-state index is 0.775. The van der Waals surface area contributed by atoms with Gasteiger partial charge >= 0.3 is 0 Å². The molecule has 1 N–H and O–H groups in total. The summed E-state index contributed by atoms with van der Waals surface area (Å²) in [5.74, 6) is 0. The Labute approximate surface area is 85.3 Å². The van der Waals surface area contributed by atoms with E-state index in [1.165, 1.54) is 5.56 Å². The first kappa shape index (κ1) is 11.2. The van der Waals surface area contributed by atoms with Crippen molar-refractivity contribution >= 4 is 0 Å². The van der Waals surface area contributed by atoms with E-state index in [2.05, 4.69) is 17.3 Å². The summed E-state index contributed by atoms with van der Waals surface area (Å²) in [6.07, 6.45) is 4.85. The summed E-state index contributed by atoms with van der Waals surface area (Å²) in [5.41, 5.74) is 1.23. The first-order valence-electron chi connectivity index (χ1n) is 5.09. The van der Waals surface area contributed by atoms with E-state index in [9.17, 15) is 0 Å². The molecule has 0 unspecified atom stereocenters. The van der Waals surface area contributed by atoms with Crippen LogP contribution in [-0.4, -0.2) is 36.1 Å². The third-order valence-electron chi connectivity index (χ3n) is 1.97. The third-order valence-corrected chi connectivity index (χ3v) is 1.97. The van der Waals surface area contributed by atoms with Crippen molar-refractivity contribution in [3.05, 3.63) is 18.0 Å². The largest absolute Gasteiger partial charge is 0.380 e. The van der Waals surface area contributed by atoms with Gasteiger partial charge in [-0.15, -0.1) is 0 Å². The number of ether oxygens (including phenoxy) is 1. The molecule has 0 saturated carbocycles. The lowest BCUT2D eigenvalue weighted by atomic mass is 10.3. The Balaban J connectivity index is 1.99. The molecule has 0 saturated heterocycles. The van der Waals surface area contributed by atoms with Crippen LogP contribution in [0.5, 0.6) is 0 Å². The van der Waals surface area contributed by atoms with Crippen LogP contribution in [0.25, 0.3) is 0 Å². The van der Waals surface area contributed by atoms with Gasteiger partial charge in [0.25, 0.3) is 0 Å². The van der Waals surface area contributed by atoms with Crippen molar-refractivity contribution in [1.82, 2.24) is 15.1 Å². The SMILES string of the molecule is CCNCCOCCc1cnn(C)c1. The van der Waals surface area contributed by atoms with Crippen molar-refractivity contribution in [2.24, 2.45) is 7.05 Å². The monoisotopic (exact) mass is 197 g/mol. The van der Waals surface area contributed by atoms with Crippen molar-refractivity contribution in [2.75, 3.05) is 26.3 Å². The Bertz CT molecular complexity index is 247. The molecular weight excluding hydrogens is 178 g/mol. The molecule has 0 aliphatic carbocycles. The van der Waals surface area contributed by atoms with Crippen LogP contribution < -0.4 is 5.32 Å². The summed E-state index contributed by atoms with van der Waals surface area (Å²) in [4.78, 5) is 0. The third kappa shape index (κ3) is 4.39. The topological polar surface area (TPSA) is 39.1 Å². The van der Waals surface area contributed by atoms with Crippen LogP contribution in [0.2, 0.25) is 0 Å². The molecule has 0 fully saturated rings. The number of rotatable bonds is 7. The maximum absolute atomic E-state index is 5.45. The van der Waals surface area contributed by atoms with Gasteiger partial charge in [-0.3, -0.25) is 4.68 Å². The van der Waals surface area contributed by atoms with Gasteiger partial charge in [-0.1, -0.05) is 6.92 Å². The molecule has 0 aromatic carbocycles. The number of hydrogen-bond acceptors (Lipinski definition) is 3. The highest BCUT2D eigenvalue weighted by atomic mass is 16.5. The fourth-order valence-electron chi connectivity index (χ4n) is 1.21. The smallest absolute Gasteiger partial charge is 0.0591 e. The Morgan fingerprint density at radius 2 is 2.36 bits per heavy atom. The Morgan fingerprint density at radius 1 is 1.50 bits per heavy atom. The van der Waals surface area contributed by atoms with E-state index in [1.807, 2.05) is 24.1 Å². The number of aryl methyl sites for hydroxylation is 1. The highest BCUT2D eigenvalue weighted by Gasteiger charge is 1.95. The van der Waals surface area contributed by atoms with Crippen LogP contribution in [0.1, 0.15) is 12.5 Å². The Morgan fingerprint density at radius 3 is 3.00 bits per heavy atom. The zero-order valence-corrected chi connectivity index (χ0v) is 8.99. The summed E-state index contributed by atoms with van der Waals surface area (Å²) in [5, 5.41) is 7.30. The molecule has 0 aliphatic heterocycles. The van der Waals surface area contributed by atoms with Gasteiger partial charge in [0, 0.05) is 19.8 Å². The lowest BCUT2D eigenvalue weighted by Crippen LogP contribution is -2.19. The average Bonchev–Trinajstić information content (AvgIpc) is 2.58. The molecule has 0 radical (unpaired) electrons. The van der Waals surface area contributed by atoms with E-state index in [-0.39, 0.29) is 0 Å². The number of aromatic nitrogens is 2. The highest BCUT2D eigenvalue weighted by molar-refractivity contribution is 5.03. The quantitative estimate of drug-likeness (QED) is 0.650. The lowest BCUT2D eigenvalue weighted by molar-refractivity contribution is 0.139. The summed E-state index contributed by atoms with van der Waals surface area (Å²) in [6.45, 7) is 5.59. The molecule has 0 atom stereocenters. The molecular formula is C10H19N3O. The summed E-state index contributed by atoms with van der Waals surface area (Å²) < 4.78 is 7.26. The lowest BCUT2D eigenvalue weighted by Gasteiger charge is -2.03. The molecule has 4 nitrogen and oxygen atoms in total. The zero-order valence-electron chi connectivity index (χ0n) is 8.99. The fourth-order valence-corrected chi connectivity index (χ4v) is 1.21. The van der Waals surface area contributed by atoms with Crippen molar-refractivity contribution in [3.63, 3.8) is 0 Å². The number of nitrogens with one attached hydrogen (secondary N) is 1. The summed E-state index contributed by atoms with van der Waals surface area (Å²) in [7, 11) is 1.93. The predicted octanol–water partition coefficient (Wildman–Crippen LogP) is 0.589. The van der Waals surface area contributed by atoms with Gasteiger partial charge in [0.2, 0.25) is 0 Å². The Hall–Kier alpha value is -0.870. The van der Waals surface area contributed by atoms with Crippen LogP contribution in [0.4, 0.5) is 0 Å². The first-order valence-corrected chi connectivity index (χ1v) is 5.09. The van der Waals surface area contributed by atoms with Gasteiger partial charge < -0.3 is 10.1 Å². The van der Waals surface area contributed by atoms with E-state index in [0.717, 1.165) is 32.7 Å². The molecule has 0 spiro atoms. The number of hydrogen-bond donors (Lipinski definition) is 1. The van der Waals surface area contributed by atoms with Crippen molar-refractivity contribution in [2.45, 2.75) is 13.3 Å². The van der Waals surface area contributed by atoms with Gasteiger partial charge in [0.05, 0.1) is 19.4 Å². The van der Waals surface area contributed by atoms with Gasteiger partial charge in [0.1, 0.15) is 0 Å². The van der Waals surface area contributed by atoms with E-state index >= 15 is 0 Å². The number of nitrogens with zero attached hydrogens (tertiary/aromatic N) is 2. The molecule has 0 amide bonds. The second-order valence-corrected chi connectivity index (χ2v) is 3.24. The van der Waals surface area contributed by atoms with Gasteiger partial charge in [-0.05, 0) is 18.5 Å². The van der Waals surface area contributed by atoms with Crippen LogP contribution in [0.15, 0.2) is 12.4 Å². The van der Waals surface area contributed by atoms with Crippen molar-refractivity contribution in [1.29, 1.82) is 0 Å². The van der Waals surface area contributed by atoms with Crippen LogP contribution >= 0.6 is 0 Å². The van der Waals surface area contributed by atoms with Crippen LogP contribution in [0, 0.1) is 0 Å². The predicted molar refractivity (Wildman–Crippen MR) is 56.3 cm³/mol. The molecule has 80 valence electrons. The molecule has 14 heavy (non-hydrogen) atoms. The van der Waals surface area contributed by atoms with Gasteiger partial charge in [-0.25, -0.2) is 0 Å². The second-order valence-electron chi connectivity index (χ2n) is 3.24.